The van der Waals surface area contributed by atoms with Crippen molar-refractivity contribution in [2.45, 2.75) is 6.10 Å². The third-order valence-corrected chi connectivity index (χ3v) is 6.06. The number of amidine groups is 1. The van der Waals surface area contributed by atoms with Gasteiger partial charge in [-0.25, -0.2) is 0 Å². The molecule has 5 nitrogen and oxygen atoms in total. The molecule has 0 bridgehead atoms. The average Bonchev–Trinajstić information content (AvgIpc) is 3.29. The molecule has 4 aromatic rings. The first-order valence-corrected chi connectivity index (χ1v) is 11.5. The van der Waals surface area contributed by atoms with Gasteiger partial charge in [-0.15, -0.1) is 0 Å². The van der Waals surface area contributed by atoms with E-state index in [4.69, 9.17) is 16.4 Å². The number of rotatable bonds is 6. The maximum Gasteiger partial charge on any atom is 0.164 e. The van der Waals surface area contributed by atoms with Gasteiger partial charge in [-0.3, -0.25) is 4.90 Å². The second-order valence-electron chi connectivity index (χ2n) is 8.07. The van der Waals surface area contributed by atoms with Crippen molar-refractivity contribution < 1.29 is 9.94 Å². The number of hydrogen-bond donors (Lipinski definition) is 2. The molecule has 1 heterocycles. The molecule has 1 aliphatic heterocycles. The van der Waals surface area contributed by atoms with Crippen LogP contribution < -0.4 is 10.2 Å². The number of hydrogen-bond acceptors (Lipinski definition) is 5. The van der Waals surface area contributed by atoms with Crippen LogP contribution in [0, 0.1) is 5.92 Å². The van der Waals surface area contributed by atoms with Crippen molar-refractivity contribution in [3.63, 3.8) is 0 Å². The molecule has 0 saturated heterocycles. The highest BCUT2D eigenvalue weighted by molar-refractivity contribution is 6.30. The normalized spacial score (nSPS) is 17.0. The van der Waals surface area contributed by atoms with E-state index in [9.17, 15) is 5.11 Å². The van der Waals surface area contributed by atoms with Gasteiger partial charge in [-0.1, -0.05) is 65.3 Å². The minimum Gasteiger partial charge on any atom is -0.508 e. The summed E-state index contributed by atoms with van der Waals surface area (Å²) in [6, 6.07) is 35.0. The molecule has 0 fully saturated rings. The number of phenols is 1. The molecule has 0 aromatic heterocycles. The number of para-hydroxylation sites is 2. The van der Waals surface area contributed by atoms with Crippen LogP contribution in [0.5, 0.6) is 5.75 Å². The fourth-order valence-corrected chi connectivity index (χ4v) is 4.24. The van der Waals surface area contributed by atoms with E-state index >= 15 is 0 Å². The number of aromatic hydroxyl groups is 1. The second kappa shape index (κ2) is 9.89. The summed E-state index contributed by atoms with van der Waals surface area (Å²) in [6.45, 7) is 0.585. The maximum atomic E-state index is 9.78. The predicted molar refractivity (Wildman–Crippen MR) is 138 cm³/mol. The smallest absolute Gasteiger partial charge is 0.164 e. The predicted octanol–water partition coefficient (Wildman–Crippen LogP) is 7.00. The number of nitrogens with zero attached hydrogens (tertiary/aromatic N) is 2. The zero-order valence-corrected chi connectivity index (χ0v) is 19.1. The van der Waals surface area contributed by atoms with Crippen LogP contribution in [0.4, 0.5) is 17.1 Å². The Labute approximate surface area is 203 Å². The van der Waals surface area contributed by atoms with Crippen molar-refractivity contribution in [3.8, 4) is 5.75 Å². The van der Waals surface area contributed by atoms with Crippen molar-refractivity contribution in [1.29, 1.82) is 0 Å². The molecule has 1 aliphatic rings. The Balaban J connectivity index is 1.52. The second-order valence-corrected chi connectivity index (χ2v) is 8.50. The van der Waals surface area contributed by atoms with E-state index < -0.39 is 0 Å². The number of phenolic OH excluding ortho intramolecular Hbond substituents is 1. The summed E-state index contributed by atoms with van der Waals surface area (Å²) in [4.78, 5) is 8.17. The highest BCUT2D eigenvalue weighted by Crippen LogP contribution is 2.39. The molecule has 4 aromatic carbocycles. The minimum atomic E-state index is -0.315. The maximum absolute atomic E-state index is 9.78. The molecule has 2 atom stereocenters. The number of benzene rings is 4. The fraction of sp³-hybridized carbons (Fsp3) is 0.107. The summed E-state index contributed by atoms with van der Waals surface area (Å²) in [5, 5.41) is 18.6. The van der Waals surface area contributed by atoms with Crippen LogP contribution in [-0.2, 0) is 4.84 Å². The Kier molecular flexibility index (Phi) is 6.36. The molecular weight excluding hydrogens is 446 g/mol. The van der Waals surface area contributed by atoms with Gasteiger partial charge in [-0.2, -0.15) is 0 Å². The minimum absolute atomic E-state index is 0.111. The van der Waals surface area contributed by atoms with Gasteiger partial charge in [0.15, 0.2) is 11.9 Å². The fourth-order valence-electron chi connectivity index (χ4n) is 4.11. The zero-order valence-electron chi connectivity index (χ0n) is 18.4. The molecule has 170 valence electrons. The van der Waals surface area contributed by atoms with Gasteiger partial charge in [0, 0.05) is 28.6 Å². The summed E-state index contributed by atoms with van der Waals surface area (Å²) in [6.07, 6.45) is -0.315. The van der Waals surface area contributed by atoms with Gasteiger partial charge in [0.25, 0.3) is 0 Å². The van der Waals surface area contributed by atoms with Crippen LogP contribution in [-0.4, -0.2) is 17.5 Å². The third-order valence-electron chi connectivity index (χ3n) is 5.81. The molecule has 34 heavy (non-hydrogen) atoms. The first-order chi connectivity index (χ1) is 16.7. The van der Waals surface area contributed by atoms with E-state index in [-0.39, 0.29) is 17.8 Å². The topological polar surface area (TPSA) is 57.1 Å². The van der Waals surface area contributed by atoms with E-state index in [1.165, 1.54) is 0 Å². The lowest BCUT2D eigenvalue weighted by atomic mass is 9.93. The van der Waals surface area contributed by atoms with E-state index in [0.29, 0.717) is 11.6 Å². The van der Waals surface area contributed by atoms with Gasteiger partial charge in [0.05, 0.1) is 5.92 Å². The summed E-state index contributed by atoms with van der Waals surface area (Å²) >= 11 is 6.06. The highest BCUT2D eigenvalue weighted by atomic mass is 35.5. The van der Waals surface area contributed by atoms with Crippen LogP contribution in [0.25, 0.3) is 0 Å². The van der Waals surface area contributed by atoms with Crippen molar-refractivity contribution >= 4 is 34.5 Å². The Bertz CT molecular complexity index is 1210. The molecule has 6 heteroatoms. The van der Waals surface area contributed by atoms with E-state index in [1.807, 2.05) is 72.8 Å². The molecule has 0 amide bonds. The van der Waals surface area contributed by atoms with Gasteiger partial charge in [0.1, 0.15) is 5.75 Å². The van der Waals surface area contributed by atoms with Crippen molar-refractivity contribution in [3.05, 3.63) is 120 Å². The van der Waals surface area contributed by atoms with Crippen LogP contribution in [0.1, 0.15) is 11.7 Å². The number of anilines is 3. The summed E-state index contributed by atoms with van der Waals surface area (Å²) in [7, 11) is 0. The van der Waals surface area contributed by atoms with Crippen LogP contribution >= 0.6 is 11.6 Å². The quantitative estimate of drug-likeness (QED) is 0.319. The van der Waals surface area contributed by atoms with E-state index in [1.54, 1.807) is 12.1 Å². The average molecular weight is 470 g/mol. The molecule has 2 N–H and O–H groups in total. The summed E-state index contributed by atoms with van der Waals surface area (Å²) in [5.74, 6) is 0.909. The third kappa shape index (κ3) is 4.70. The van der Waals surface area contributed by atoms with Gasteiger partial charge in [0.2, 0.25) is 0 Å². The summed E-state index contributed by atoms with van der Waals surface area (Å²) < 4.78 is 0. The SMILES string of the molecule is Oc1ccc(C2ON=C(N(c3ccccc3)c3ccccc3)C2CNc2ccc(Cl)cc2)cc1. The van der Waals surface area contributed by atoms with Crippen molar-refractivity contribution in [2.75, 3.05) is 16.8 Å². The first-order valence-electron chi connectivity index (χ1n) is 11.1. The Morgan fingerprint density at radius 2 is 1.38 bits per heavy atom. The lowest BCUT2D eigenvalue weighted by molar-refractivity contribution is 0.0640. The molecule has 0 radical (unpaired) electrons. The van der Waals surface area contributed by atoms with Crippen LogP contribution in [0.2, 0.25) is 5.02 Å². The monoisotopic (exact) mass is 469 g/mol. The van der Waals surface area contributed by atoms with Crippen LogP contribution in [0.3, 0.4) is 0 Å². The Morgan fingerprint density at radius 3 is 1.97 bits per heavy atom. The molecule has 0 aliphatic carbocycles. The number of nitrogens with one attached hydrogen (secondary N) is 1. The standard InChI is InChI=1S/C28H24ClN3O2/c29-21-13-15-22(16-14-21)30-19-26-27(20-11-17-25(33)18-12-20)34-31-28(26)32(23-7-3-1-4-8-23)24-9-5-2-6-10-24/h1-18,26-27,30,33H,19H2. The number of halogens is 1. The van der Waals surface area contributed by atoms with E-state index in [0.717, 1.165) is 28.5 Å². The lowest BCUT2D eigenvalue weighted by Crippen LogP contribution is -2.36. The zero-order chi connectivity index (χ0) is 23.3. The van der Waals surface area contributed by atoms with Gasteiger partial charge < -0.3 is 15.3 Å². The first kappa shape index (κ1) is 21.9. The Hall–Kier alpha value is -3.96. The van der Waals surface area contributed by atoms with Crippen molar-refractivity contribution in [2.24, 2.45) is 11.1 Å². The van der Waals surface area contributed by atoms with Gasteiger partial charge >= 0.3 is 0 Å². The molecule has 0 spiro atoms. The molecular formula is C28H24ClN3O2. The molecule has 2 unspecified atom stereocenters. The largest absolute Gasteiger partial charge is 0.508 e. The highest BCUT2D eigenvalue weighted by Gasteiger charge is 2.39. The van der Waals surface area contributed by atoms with Gasteiger partial charge in [-0.05, 0) is 66.2 Å². The van der Waals surface area contributed by atoms with Crippen LogP contribution in [0.15, 0.2) is 114 Å². The number of oxime groups is 1. The van der Waals surface area contributed by atoms with Crippen molar-refractivity contribution in [1.82, 2.24) is 0 Å². The molecule has 0 saturated carbocycles. The lowest BCUT2D eigenvalue weighted by Gasteiger charge is -2.29. The van der Waals surface area contributed by atoms with E-state index in [2.05, 4.69) is 39.6 Å². The Morgan fingerprint density at radius 1 is 0.794 bits per heavy atom. The molecule has 5 rings (SSSR count). The summed E-state index contributed by atoms with van der Waals surface area (Å²) in [5.41, 5.74) is 3.91.